The monoisotopic (exact) mass is 286 g/mol. The normalized spacial score (nSPS) is 11.6. The third-order valence-corrected chi connectivity index (χ3v) is 3.92. The Labute approximate surface area is 115 Å². The molecule has 0 atom stereocenters. The van der Waals surface area contributed by atoms with Crippen molar-refractivity contribution in [3.8, 4) is 0 Å². The molecule has 0 saturated heterocycles. The molecule has 0 radical (unpaired) electrons. The van der Waals surface area contributed by atoms with Crippen molar-refractivity contribution in [3.05, 3.63) is 30.3 Å². The maximum Gasteiger partial charge on any atom is 0.296 e. The molecular formula is C14H22O4S. The van der Waals surface area contributed by atoms with Crippen LogP contribution in [0.3, 0.4) is 0 Å². The number of hydrogen-bond acceptors (Lipinski definition) is 4. The first-order chi connectivity index (χ1) is 9.17. The van der Waals surface area contributed by atoms with E-state index in [0.717, 1.165) is 25.9 Å². The van der Waals surface area contributed by atoms with Crippen LogP contribution in [-0.4, -0.2) is 28.2 Å². The molecule has 0 saturated carbocycles. The van der Waals surface area contributed by atoms with Gasteiger partial charge in [0.25, 0.3) is 10.1 Å². The van der Waals surface area contributed by atoms with Gasteiger partial charge in [-0.3, -0.25) is 4.18 Å². The molecule has 0 aliphatic rings. The van der Waals surface area contributed by atoms with Gasteiger partial charge in [-0.15, -0.1) is 0 Å². The Kier molecular flexibility index (Phi) is 7.70. The minimum absolute atomic E-state index is 0.203. The molecule has 0 fully saturated rings. The van der Waals surface area contributed by atoms with Crippen molar-refractivity contribution in [3.63, 3.8) is 0 Å². The fourth-order valence-corrected chi connectivity index (χ4v) is 2.44. The number of ether oxygens (including phenoxy) is 1. The van der Waals surface area contributed by atoms with Gasteiger partial charge in [0.2, 0.25) is 0 Å². The smallest absolute Gasteiger partial charge is 0.296 e. The lowest BCUT2D eigenvalue weighted by Crippen LogP contribution is -2.08. The van der Waals surface area contributed by atoms with E-state index in [-0.39, 0.29) is 11.5 Å². The molecule has 0 aromatic heterocycles. The molecule has 4 nitrogen and oxygen atoms in total. The fourth-order valence-electron chi connectivity index (χ4n) is 1.48. The molecule has 0 heterocycles. The number of rotatable bonds is 10. The maximum atomic E-state index is 11.8. The van der Waals surface area contributed by atoms with Gasteiger partial charge in [0.1, 0.15) is 0 Å². The SMILES string of the molecule is CCCCOCCCCOS(=O)(=O)c1ccccc1. The summed E-state index contributed by atoms with van der Waals surface area (Å²) in [6.07, 6.45) is 3.68. The van der Waals surface area contributed by atoms with E-state index in [1.54, 1.807) is 18.2 Å². The van der Waals surface area contributed by atoms with E-state index < -0.39 is 10.1 Å². The predicted molar refractivity (Wildman–Crippen MR) is 74.5 cm³/mol. The first-order valence-electron chi connectivity index (χ1n) is 6.69. The Balaban J connectivity index is 2.15. The molecule has 19 heavy (non-hydrogen) atoms. The zero-order valence-corrected chi connectivity index (χ0v) is 12.2. The van der Waals surface area contributed by atoms with E-state index in [1.807, 2.05) is 0 Å². The van der Waals surface area contributed by atoms with Crippen molar-refractivity contribution < 1.29 is 17.3 Å². The van der Waals surface area contributed by atoms with Crippen LogP contribution in [0.15, 0.2) is 35.2 Å². The van der Waals surface area contributed by atoms with Crippen LogP contribution in [0, 0.1) is 0 Å². The van der Waals surface area contributed by atoms with Crippen molar-refractivity contribution in [1.82, 2.24) is 0 Å². The minimum Gasteiger partial charge on any atom is -0.381 e. The van der Waals surface area contributed by atoms with E-state index in [9.17, 15) is 8.42 Å². The lowest BCUT2D eigenvalue weighted by atomic mass is 10.3. The van der Waals surface area contributed by atoms with Crippen LogP contribution in [0.5, 0.6) is 0 Å². The molecule has 0 spiro atoms. The zero-order valence-electron chi connectivity index (χ0n) is 11.4. The van der Waals surface area contributed by atoms with Crippen LogP contribution >= 0.6 is 0 Å². The van der Waals surface area contributed by atoms with Gasteiger partial charge >= 0.3 is 0 Å². The summed E-state index contributed by atoms with van der Waals surface area (Å²) in [6.45, 7) is 3.76. The molecule has 1 aromatic carbocycles. The first kappa shape index (κ1) is 16.1. The van der Waals surface area contributed by atoms with Gasteiger partial charge in [-0.2, -0.15) is 8.42 Å². The van der Waals surface area contributed by atoms with Crippen LogP contribution in [-0.2, 0) is 19.0 Å². The summed E-state index contributed by atoms with van der Waals surface area (Å²) >= 11 is 0. The molecule has 5 heteroatoms. The number of unbranched alkanes of at least 4 members (excludes halogenated alkanes) is 2. The predicted octanol–water partition coefficient (Wildman–Crippen LogP) is 2.99. The summed E-state index contributed by atoms with van der Waals surface area (Å²) in [5, 5.41) is 0. The largest absolute Gasteiger partial charge is 0.381 e. The van der Waals surface area contributed by atoms with Gasteiger partial charge < -0.3 is 4.74 Å². The highest BCUT2D eigenvalue weighted by atomic mass is 32.2. The fraction of sp³-hybridized carbons (Fsp3) is 0.571. The van der Waals surface area contributed by atoms with Gasteiger partial charge in [0, 0.05) is 13.2 Å². The molecule has 0 amide bonds. The molecule has 1 rings (SSSR count). The number of hydrogen-bond donors (Lipinski definition) is 0. The van der Waals surface area contributed by atoms with E-state index in [1.165, 1.54) is 12.1 Å². The average molecular weight is 286 g/mol. The maximum absolute atomic E-state index is 11.8. The summed E-state index contributed by atoms with van der Waals surface area (Å²) < 4.78 is 33.9. The van der Waals surface area contributed by atoms with Gasteiger partial charge in [-0.25, -0.2) is 0 Å². The molecule has 1 aromatic rings. The summed E-state index contributed by atoms with van der Waals surface area (Å²) in [4.78, 5) is 0.203. The van der Waals surface area contributed by atoms with Gasteiger partial charge in [-0.1, -0.05) is 31.5 Å². The van der Waals surface area contributed by atoms with E-state index >= 15 is 0 Å². The summed E-state index contributed by atoms with van der Waals surface area (Å²) in [5.74, 6) is 0. The second-order valence-corrected chi connectivity index (χ2v) is 5.88. The topological polar surface area (TPSA) is 52.6 Å². The minimum atomic E-state index is -3.60. The van der Waals surface area contributed by atoms with Crippen LogP contribution < -0.4 is 0 Å². The van der Waals surface area contributed by atoms with Crippen LogP contribution in [0.2, 0.25) is 0 Å². The molecule has 0 N–H and O–H groups in total. The highest BCUT2D eigenvalue weighted by Crippen LogP contribution is 2.11. The van der Waals surface area contributed by atoms with E-state index in [2.05, 4.69) is 6.92 Å². The lowest BCUT2D eigenvalue weighted by molar-refractivity contribution is 0.124. The quantitative estimate of drug-likeness (QED) is 0.490. The van der Waals surface area contributed by atoms with E-state index in [4.69, 9.17) is 8.92 Å². The second-order valence-electron chi connectivity index (χ2n) is 4.26. The molecule has 0 aliphatic heterocycles. The van der Waals surface area contributed by atoms with E-state index in [0.29, 0.717) is 13.0 Å². The van der Waals surface area contributed by atoms with Gasteiger partial charge in [0.15, 0.2) is 0 Å². The summed E-state index contributed by atoms with van der Waals surface area (Å²) in [6, 6.07) is 8.19. The summed E-state index contributed by atoms with van der Waals surface area (Å²) in [7, 11) is -3.60. The zero-order chi connectivity index (χ0) is 14.0. The van der Waals surface area contributed by atoms with Crippen LogP contribution in [0.25, 0.3) is 0 Å². The second kappa shape index (κ2) is 9.07. The van der Waals surface area contributed by atoms with Crippen molar-refractivity contribution in [2.75, 3.05) is 19.8 Å². The molecule has 0 bridgehead atoms. The Hall–Kier alpha value is -0.910. The van der Waals surface area contributed by atoms with Gasteiger partial charge in [-0.05, 0) is 31.4 Å². The third kappa shape index (κ3) is 6.71. The highest BCUT2D eigenvalue weighted by Gasteiger charge is 2.13. The van der Waals surface area contributed by atoms with Crippen molar-refractivity contribution >= 4 is 10.1 Å². The Morgan fingerprint density at radius 2 is 1.58 bits per heavy atom. The molecule has 0 aliphatic carbocycles. The Morgan fingerprint density at radius 1 is 0.947 bits per heavy atom. The highest BCUT2D eigenvalue weighted by molar-refractivity contribution is 7.86. The summed E-state index contributed by atoms with van der Waals surface area (Å²) in [5.41, 5.74) is 0. The Morgan fingerprint density at radius 3 is 2.26 bits per heavy atom. The van der Waals surface area contributed by atoms with Crippen LogP contribution in [0.1, 0.15) is 32.6 Å². The number of benzene rings is 1. The molecule has 108 valence electrons. The average Bonchev–Trinajstić information content (AvgIpc) is 2.43. The van der Waals surface area contributed by atoms with Gasteiger partial charge in [0.05, 0.1) is 11.5 Å². The molecular weight excluding hydrogens is 264 g/mol. The van der Waals surface area contributed by atoms with Crippen molar-refractivity contribution in [1.29, 1.82) is 0 Å². The standard InChI is InChI=1S/C14H22O4S/c1-2-3-11-17-12-7-8-13-18-19(15,16)14-9-5-4-6-10-14/h4-6,9-10H,2-3,7-8,11-13H2,1H3. The lowest BCUT2D eigenvalue weighted by Gasteiger charge is -2.06. The molecule has 0 unspecified atom stereocenters. The van der Waals surface area contributed by atoms with Crippen molar-refractivity contribution in [2.24, 2.45) is 0 Å². The van der Waals surface area contributed by atoms with Crippen LogP contribution in [0.4, 0.5) is 0 Å². The Bertz CT molecular complexity index is 428. The third-order valence-electron chi connectivity index (χ3n) is 2.60. The van der Waals surface area contributed by atoms with Crippen molar-refractivity contribution in [2.45, 2.75) is 37.5 Å². The first-order valence-corrected chi connectivity index (χ1v) is 8.10.